The van der Waals surface area contributed by atoms with E-state index in [2.05, 4.69) is 27.4 Å². The third-order valence-corrected chi connectivity index (χ3v) is 5.67. The lowest BCUT2D eigenvalue weighted by molar-refractivity contribution is -0.117. The van der Waals surface area contributed by atoms with Crippen LogP contribution in [0.25, 0.3) is 0 Å². The Bertz CT molecular complexity index is 753. The van der Waals surface area contributed by atoms with Gasteiger partial charge in [0, 0.05) is 37.6 Å². The van der Waals surface area contributed by atoms with Crippen molar-refractivity contribution in [2.45, 2.75) is 19.9 Å². The molecular formula is C20H26N4O2S. The number of rotatable bonds is 6. The molecule has 0 bridgehead atoms. The van der Waals surface area contributed by atoms with Gasteiger partial charge in [0.2, 0.25) is 5.91 Å². The zero-order chi connectivity index (χ0) is 19.2. The molecule has 0 aliphatic carbocycles. The minimum atomic E-state index is -0.610. The second-order valence-corrected chi connectivity index (χ2v) is 7.58. The van der Waals surface area contributed by atoms with Crippen molar-refractivity contribution < 1.29 is 9.59 Å². The van der Waals surface area contributed by atoms with Gasteiger partial charge >= 0.3 is 0 Å². The van der Waals surface area contributed by atoms with E-state index in [1.165, 1.54) is 17.0 Å². The van der Waals surface area contributed by atoms with E-state index in [0.717, 1.165) is 38.4 Å². The van der Waals surface area contributed by atoms with Gasteiger partial charge in [0.15, 0.2) is 0 Å². The van der Waals surface area contributed by atoms with Crippen LogP contribution in [0, 0.1) is 0 Å². The first-order chi connectivity index (χ1) is 13.1. The molecule has 0 spiro atoms. The maximum Gasteiger partial charge on any atom is 0.261 e. The Kier molecular flexibility index (Phi) is 6.47. The number of carbonyl (C=O) groups excluding carboxylic acids is 2. The quantitative estimate of drug-likeness (QED) is 0.801. The van der Waals surface area contributed by atoms with Crippen LogP contribution in [-0.4, -0.2) is 55.5 Å². The van der Waals surface area contributed by atoms with Gasteiger partial charge in [-0.1, -0.05) is 13.0 Å². The van der Waals surface area contributed by atoms with Gasteiger partial charge in [-0.3, -0.25) is 9.59 Å². The van der Waals surface area contributed by atoms with Crippen LogP contribution in [0.3, 0.4) is 0 Å². The highest BCUT2D eigenvalue weighted by Gasteiger charge is 2.18. The van der Waals surface area contributed by atoms with Gasteiger partial charge in [-0.25, -0.2) is 0 Å². The molecule has 0 saturated carbocycles. The molecule has 1 aromatic heterocycles. The van der Waals surface area contributed by atoms with Crippen LogP contribution < -0.4 is 15.5 Å². The molecule has 2 aromatic rings. The second kappa shape index (κ2) is 9.01. The van der Waals surface area contributed by atoms with E-state index in [9.17, 15) is 9.59 Å². The highest BCUT2D eigenvalue weighted by atomic mass is 32.1. The number of anilines is 2. The molecule has 2 N–H and O–H groups in total. The minimum absolute atomic E-state index is 0.228. The fourth-order valence-electron chi connectivity index (χ4n) is 3.07. The molecule has 1 aromatic carbocycles. The molecule has 1 fully saturated rings. The monoisotopic (exact) mass is 386 g/mol. The molecule has 1 atom stereocenters. The standard InChI is InChI=1S/C20H26N4O2S/c1-3-23-10-12-24(13-11-23)17-8-6-16(7-9-17)22-19(25)15(2)21-20(26)18-5-4-14-27-18/h4-9,14-15H,3,10-13H2,1-2H3,(H,21,26)(H,22,25). The van der Waals surface area contributed by atoms with E-state index in [1.807, 2.05) is 35.7 Å². The van der Waals surface area contributed by atoms with Crippen LogP contribution >= 0.6 is 11.3 Å². The number of likely N-dealkylation sites (N-methyl/N-ethyl adjacent to an activating group) is 1. The third-order valence-electron chi connectivity index (χ3n) is 4.81. The largest absolute Gasteiger partial charge is 0.369 e. The summed E-state index contributed by atoms with van der Waals surface area (Å²) in [5, 5.41) is 7.42. The molecule has 7 heteroatoms. The molecule has 0 radical (unpaired) electrons. The molecule has 6 nitrogen and oxygen atoms in total. The number of thiophene rings is 1. The zero-order valence-corrected chi connectivity index (χ0v) is 16.6. The summed E-state index contributed by atoms with van der Waals surface area (Å²) in [4.78, 5) is 29.8. The Morgan fingerprint density at radius 2 is 1.81 bits per heavy atom. The summed E-state index contributed by atoms with van der Waals surface area (Å²) in [5.74, 6) is -0.460. The molecule has 1 saturated heterocycles. The van der Waals surface area contributed by atoms with Crippen molar-refractivity contribution in [2.75, 3.05) is 42.9 Å². The van der Waals surface area contributed by atoms with E-state index >= 15 is 0 Å². The Hall–Kier alpha value is -2.38. The van der Waals surface area contributed by atoms with Crippen LogP contribution in [-0.2, 0) is 4.79 Å². The Morgan fingerprint density at radius 3 is 2.41 bits per heavy atom. The average molecular weight is 387 g/mol. The van der Waals surface area contributed by atoms with Crippen LogP contribution in [0.5, 0.6) is 0 Å². The number of amides is 2. The Morgan fingerprint density at radius 1 is 1.11 bits per heavy atom. The average Bonchev–Trinajstić information content (AvgIpc) is 3.23. The van der Waals surface area contributed by atoms with Gasteiger partial charge < -0.3 is 20.4 Å². The van der Waals surface area contributed by atoms with Crippen LogP contribution in [0.15, 0.2) is 41.8 Å². The summed E-state index contributed by atoms with van der Waals surface area (Å²) in [5.41, 5.74) is 1.90. The van der Waals surface area contributed by atoms with E-state index in [1.54, 1.807) is 13.0 Å². The van der Waals surface area contributed by atoms with Gasteiger partial charge in [0.1, 0.15) is 6.04 Å². The number of nitrogens with zero attached hydrogens (tertiary/aromatic N) is 2. The van der Waals surface area contributed by atoms with Crippen LogP contribution in [0.2, 0.25) is 0 Å². The van der Waals surface area contributed by atoms with E-state index in [-0.39, 0.29) is 11.8 Å². The van der Waals surface area contributed by atoms with E-state index < -0.39 is 6.04 Å². The molecule has 144 valence electrons. The number of piperazine rings is 1. The lowest BCUT2D eigenvalue weighted by Gasteiger charge is -2.35. The molecule has 2 heterocycles. The van der Waals surface area contributed by atoms with Crippen molar-refractivity contribution in [3.8, 4) is 0 Å². The zero-order valence-electron chi connectivity index (χ0n) is 15.8. The molecule has 1 unspecified atom stereocenters. The predicted molar refractivity (Wildman–Crippen MR) is 111 cm³/mol. The summed E-state index contributed by atoms with van der Waals surface area (Å²) in [6.07, 6.45) is 0. The summed E-state index contributed by atoms with van der Waals surface area (Å²) in [6.45, 7) is 9.17. The molecule has 1 aliphatic heterocycles. The summed E-state index contributed by atoms with van der Waals surface area (Å²) in [6, 6.07) is 10.8. The van der Waals surface area contributed by atoms with Crippen molar-refractivity contribution in [3.05, 3.63) is 46.7 Å². The third kappa shape index (κ3) is 5.08. The number of hydrogen-bond acceptors (Lipinski definition) is 5. The summed E-state index contributed by atoms with van der Waals surface area (Å²) in [7, 11) is 0. The maximum absolute atomic E-state index is 12.3. The number of carbonyl (C=O) groups is 2. The number of benzene rings is 1. The van der Waals surface area contributed by atoms with Crippen molar-refractivity contribution in [1.29, 1.82) is 0 Å². The molecule has 27 heavy (non-hydrogen) atoms. The van der Waals surface area contributed by atoms with Gasteiger partial charge in [-0.15, -0.1) is 11.3 Å². The van der Waals surface area contributed by atoms with Gasteiger partial charge in [-0.2, -0.15) is 0 Å². The first kappa shape index (κ1) is 19.4. The van der Waals surface area contributed by atoms with Gasteiger partial charge in [0.25, 0.3) is 5.91 Å². The molecule has 1 aliphatic rings. The Labute approximate surface area is 164 Å². The number of nitrogens with one attached hydrogen (secondary N) is 2. The minimum Gasteiger partial charge on any atom is -0.369 e. The maximum atomic E-state index is 12.3. The fourth-order valence-corrected chi connectivity index (χ4v) is 3.70. The Balaban J connectivity index is 1.51. The topological polar surface area (TPSA) is 64.7 Å². The summed E-state index contributed by atoms with van der Waals surface area (Å²) >= 11 is 1.35. The van der Waals surface area contributed by atoms with Crippen molar-refractivity contribution in [2.24, 2.45) is 0 Å². The molecule has 2 amide bonds. The lowest BCUT2D eigenvalue weighted by atomic mass is 10.2. The van der Waals surface area contributed by atoms with Crippen molar-refractivity contribution in [1.82, 2.24) is 10.2 Å². The predicted octanol–water partition coefficient (Wildman–Crippen LogP) is 2.65. The molecular weight excluding hydrogens is 360 g/mol. The highest BCUT2D eigenvalue weighted by molar-refractivity contribution is 7.12. The van der Waals surface area contributed by atoms with Crippen molar-refractivity contribution >= 4 is 34.5 Å². The first-order valence-electron chi connectivity index (χ1n) is 9.29. The lowest BCUT2D eigenvalue weighted by Crippen LogP contribution is -2.46. The van der Waals surface area contributed by atoms with E-state index in [0.29, 0.717) is 4.88 Å². The fraction of sp³-hybridized carbons (Fsp3) is 0.400. The molecule has 3 rings (SSSR count). The highest BCUT2D eigenvalue weighted by Crippen LogP contribution is 2.19. The first-order valence-corrected chi connectivity index (χ1v) is 10.2. The summed E-state index contributed by atoms with van der Waals surface area (Å²) < 4.78 is 0. The van der Waals surface area contributed by atoms with Gasteiger partial charge in [0.05, 0.1) is 4.88 Å². The SMILES string of the molecule is CCN1CCN(c2ccc(NC(=O)C(C)NC(=O)c3cccs3)cc2)CC1. The van der Waals surface area contributed by atoms with Crippen LogP contribution in [0.1, 0.15) is 23.5 Å². The number of hydrogen-bond donors (Lipinski definition) is 2. The van der Waals surface area contributed by atoms with E-state index in [4.69, 9.17) is 0 Å². The van der Waals surface area contributed by atoms with Gasteiger partial charge in [-0.05, 0) is 49.2 Å². The smallest absolute Gasteiger partial charge is 0.261 e. The van der Waals surface area contributed by atoms with Crippen LogP contribution in [0.4, 0.5) is 11.4 Å². The van der Waals surface area contributed by atoms with Crippen molar-refractivity contribution in [3.63, 3.8) is 0 Å². The second-order valence-electron chi connectivity index (χ2n) is 6.63. The normalized spacial score (nSPS) is 16.0.